The van der Waals surface area contributed by atoms with Crippen molar-refractivity contribution in [3.8, 4) is 0 Å². The van der Waals surface area contributed by atoms with Gasteiger partial charge in [0.25, 0.3) is 0 Å². The van der Waals surface area contributed by atoms with Gasteiger partial charge < -0.3 is 10.2 Å². The Morgan fingerprint density at radius 1 is 1.26 bits per heavy atom. The van der Waals surface area contributed by atoms with Crippen molar-refractivity contribution in [2.24, 2.45) is 5.92 Å². The lowest BCUT2D eigenvalue weighted by Gasteiger charge is -2.31. The highest BCUT2D eigenvalue weighted by molar-refractivity contribution is 5.80. The van der Waals surface area contributed by atoms with Crippen LogP contribution in [0.5, 0.6) is 0 Å². The van der Waals surface area contributed by atoms with Crippen LogP contribution in [-0.4, -0.2) is 29.8 Å². The molecule has 2 rings (SSSR count). The molecule has 1 heterocycles. The van der Waals surface area contributed by atoms with Crippen LogP contribution in [0.3, 0.4) is 0 Å². The molecule has 0 aromatic heterocycles. The normalized spacial score (nSPS) is 15.5. The van der Waals surface area contributed by atoms with Crippen molar-refractivity contribution < 1.29 is 14.0 Å². The van der Waals surface area contributed by atoms with Gasteiger partial charge in [0.1, 0.15) is 5.82 Å². The van der Waals surface area contributed by atoms with Gasteiger partial charge in [0.15, 0.2) is 0 Å². The lowest BCUT2D eigenvalue weighted by molar-refractivity contribution is -0.135. The van der Waals surface area contributed by atoms with E-state index in [0.29, 0.717) is 37.9 Å². The maximum Gasteiger partial charge on any atom is 0.223 e. The van der Waals surface area contributed by atoms with Crippen molar-refractivity contribution in [2.75, 3.05) is 13.1 Å². The second-order valence-corrected chi connectivity index (χ2v) is 6.07. The molecule has 0 spiro atoms. The number of halogens is 1. The molecule has 0 aliphatic carbocycles. The first-order valence-corrected chi connectivity index (χ1v) is 8.40. The number of hydrogen-bond donors (Lipinski definition) is 1. The topological polar surface area (TPSA) is 49.4 Å². The zero-order valence-electron chi connectivity index (χ0n) is 13.7. The van der Waals surface area contributed by atoms with E-state index < -0.39 is 0 Å². The van der Waals surface area contributed by atoms with E-state index >= 15 is 0 Å². The molecule has 0 saturated carbocycles. The molecular weight excluding hydrogens is 295 g/mol. The summed E-state index contributed by atoms with van der Waals surface area (Å²) in [5, 5.41) is 2.81. The van der Waals surface area contributed by atoms with Gasteiger partial charge in [0.05, 0.1) is 0 Å². The van der Waals surface area contributed by atoms with E-state index in [-0.39, 0.29) is 30.1 Å². The molecule has 1 aromatic rings. The average molecular weight is 320 g/mol. The van der Waals surface area contributed by atoms with Crippen LogP contribution in [0, 0.1) is 11.7 Å². The van der Waals surface area contributed by atoms with Crippen LogP contribution in [0.25, 0.3) is 0 Å². The molecule has 23 heavy (non-hydrogen) atoms. The lowest BCUT2D eigenvalue weighted by atomic mass is 9.95. The first kappa shape index (κ1) is 17.4. The van der Waals surface area contributed by atoms with Crippen LogP contribution in [0.15, 0.2) is 24.3 Å². The molecule has 0 bridgehead atoms. The maximum atomic E-state index is 13.5. The number of nitrogens with zero attached hydrogens (tertiary/aromatic N) is 1. The molecule has 0 radical (unpaired) electrons. The average Bonchev–Trinajstić information content (AvgIpc) is 2.59. The van der Waals surface area contributed by atoms with Crippen LogP contribution >= 0.6 is 0 Å². The fourth-order valence-electron chi connectivity index (χ4n) is 2.85. The number of benzene rings is 1. The number of carbonyl (C=O) groups excluding carboxylic acids is 2. The SMILES string of the molecule is CCCCC(=O)N1CCC(C(=O)NCc2ccccc2F)CC1. The summed E-state index contributed by atoms with van der Waals surface area (Å²) in [5.74, 6) is -0.243. The van der Waals surface area contributed by atoms with Gasteiger partial charge in [0.2, 0.25) is 11.8 Å². The number of piperidine rings is 1. The summed E-state index contributed by atoms with van der Waals surface area (Å²) in [6.07, 6.45) is 3.89. The summed E-state index contributed by atoms with van der Waals surface area (Å²) in [6, 6.07) is 6.45. The van der Waals surface area contributed by atoms with E-state index in [1.54, 1.807) is 18.2 Å². The Morgan fingerprint density at radius 3 is 2.61 bits per heavy atom. The second-order valence-electron chi connectivity index (χ2n) is 6.07. The highest BCUT2D eigenvalue weighted by Crippen LogP contribution is 2.19. The fraction of sp³-hybridized carbons (Fsp3) is 0.556. The number of carbonyl (C=O) groups is 2. The third-order valence-electron chi connectivity index (χ3n) is 4.37. The first-order valence-electron chi connectivity index (χ1n) is 8.40. The van der Waals surface area contributed by atoms with Gasteiger partial charge >= 0.3 is 0 Å². The molecular formula is C18H25FN2O2. The maximum absolute atomic E-state index is 13.5. The summed E-state index contributed by atoms with van der Waals surface area (Å²) in [4.78, 5) is 26.0. The van der Waals surface area contributed by atoms with Gasteiger partial charge in [-0.3, -0.25) is 9.59 Å². The number of nitrogens with one attached hydrogen (secondary N) is 1. The van der Waals surface area contributed by atoms with Gasteiger partial charge in [-0.2, -0.15) is 0 Å². The molecule has 1 aliphatic heterocycles. The quantitative estimate of drug-likeness (QED) is 0.876. The Hall–Kier alpha value is -1.91. The molecule has 2 amide bonds. The predicted molar refractivity (Wildman–Crippen MR) is 87.1 cm³/mol. The highest BCUT2D eigenvalue weighted by atomic mass is 19.1. The lowest BCUT2D eigenvalue weighted by Crippen LogP contribution is -2.42. The van der Waals surface area contributed by atoms with Crippen molar-refractivity contribution in [1.82, 2.24) is 10.2 Å². The van der Waals surface area contributed by atoms with E-state index in [1.165, 1.54) is 6.07 Å². The minimum Gasteiger partial charge on any atom is -0.352 e. The number of unbranched alkanes of at least 4 members (excludes halogenated alkanes) is 1. The molecule has 1 fully saturated rings. The van der Waals surface area contributed by atoms with Gasteiger partial charge in [-0.1, -0.05) is 31.5 Å². The van der Waals surface area contributed by atoms with E-state index in [0.717, 1.165) is 12.8 Å². The summed E-state index contributed by atoms with van der Waals surface area (Å²) in [7, 11) is 0. The van der Waals surface area contributed by atoms with Crippen LogP contribution in [-0.2, 0) is 16.1 Å². The Labute approximate surface area is 137 Å². The molecule has 1 saturated heterocycles. The van der Waals surface area contributed by atoms with E-state index in [1.807, 2.05) is 4.90 Å². The number of likely N-dealkylation sites (tertiary alicyclic amines) is 1. The Kier molecular flexibility index (Phi) is 6.56. The molecule has 5 heteroatoms. The minimum atomic E-state index is -0.302. The Bertz CT molecular complexity index is 540. The fourth-order valence-corrected chi connectivity index (χ4v) is 2.85. The molecule has 1 aromatic carbocycles. The molecule has 1 aliphatic rings. The third-order valence-corrected chi connectivity index (χ3v) is 4.37. The Morgan fingerprint density at radius 2 is 1.96 bits per heavy atom. The van der Waals surface area contributed by atoms with E-state index in [4.69, 9.17) is 0 Å². The van der Waals surface area contributed by atoms with Crippen molar-refractivity contribution in [3.05, 3.63) is 35.6 Å². The largest absolute Gasteiger partial charge is 0.352 e. The standard InChI is InChI=1S/C18H25FN2O2/c1-2-3-8-17(22)21-11-9-14(10-12-21)18(23)20-13-15-6-4-5-7-16(15)19/h4-7,14H,2-3,8-13H2,1H3,(H,20,23). The van der Waals surface area contributed by atoms with Crippen molar-refractivity contribution in [2.45, 2.75) is 45.6 Å². The summed E-state index contributed by atoms with van der Waals surface area (Å²) < 4.78 is 13.5. The highest BCUT2D eigenvalue weighted by Gasteiger charge is 2.26. The van der Waals surface area contributed by atoms with Gasteiger partial charge in [-0.05, 0) is 25.3 Å². The molecule has 126 valence electrons. The van der Waals surface area contributed by atoms with Gasteiger partial charge in [0, 0.05) is 37.5 Å². The third kappa shape index (κ3) is 5.05. The number of hydrogen-bond acceptors (Lipinski definition) is 2. The van der Waals surface area contributed by atoms with Gasteiger partial charge in [-0.15, -0.1) is 0 Å². The predicted octanol–water partition coefficient (Wildman–Crippen LogP) is 2.87. The van der Waals surface area contributed by atoms with E-state index in [2.05, 4.69) is 12.2 Å². The van der Waals surface area contributed by atoms with Crippen LogP contribution in [0.1, 0.15) is 44.6 Å². The Balaban J connectivity index is 1.75. The first-order chi connectivity index (χ1) is 11.1. The van der Waals surface area contributed by atoms with Crippen LogP contribution in [0.2, 0.25) is 0 Å². The number of rotatable bonds is 6. The van der Waals surface area contributed by atoms with Crippen molar-refractivity contribution >= 4 is 11.8 Å². The van der Waals surface area contributed by atoms with Gasteiger partial charge in [-0.25, -0.2) is 4.39 Å². The summed E-state index contributed by atoms with van der Waals surface area (Å²) >= 11 is 0. The second kappa shape index (κ2) is 8.65. The summed E-state index contributed by atoms with van der Waals surface area (Å²) in [5.41, 5.74) is 0.494. The zero-order chi connectivity index (χ0) is 16.7. The number of amides is 2. The summed E-state index contributed by atoms with van der Waals surface area (Å²) in [6.45, 7) is 3.56. The van der Waals surface area contributed by atoms with Crippen LogP contribution in [0.4, 0.5) is 4.39 Å². The molecule has 0 atom stereocenters. The zero-order valence-corrected chi connectivity index (χ0v) is 13.7. The van der Waals surface area contributed by atoms with Crippen molar-refractivity contribution in [1.29, 1.82) is 0 Å². The smallest absolute Gasteiger partial charge is 0.223 e. The monoisotopic (exact) mass is 320 g/mol. The molecule has 1 N–H and O–H groups in total. The minimum absolute atomic E-state index is 0.0473. The van der Waals surface area contributed by atoms with Crippen LogP contribution < -0.4 is 5.32 Å². The van der Waals surface area contributed by atoms with Crippen molar-refractivity contribution in [3.63, 3.8) is 0 Å². The molecule has 4 nitrogen and oxygen atoms in total. The van der Waals surface area contributed by atoms with E-state index in [9.17, 15) is 14.0 Å². The molecule has 0 unspecified atom stereocenters.